The molecule has 1 saturated carbocycles. The summed E-state index contributed by atoms with van der Waals surface area (Å²) in [5, 5.41) is 38.6. The van der Waals surface area contributed by atoms with E-state index in [9.17, 15) is 14.4 Å². The molecule has 0 amide bonds. The van der Waals surface area contributed by atoms with Crippen molar-refractivity contribution >= 4 is 34.5 Å². The molecule has 0 bridgehead atoms. The quantitative estimate of drug-likeness (QED) is 0.104. The van der Waals surface area contributed by atoms with Gasteiger partial charge >= 0.3 is 17.9 Å². The maximum Gasteiger partial charge on any atom is 0.336 e. The number of aryl methyl sites for hydroxylation is 1. The lowest BCUT2D eigenvalue weighted by molar-refractivity contribution is -0.170. The summed E-state index contributed by atoms with van der Waals surface area (Å²) in [7, 11) is 0. The zero-order chi connectivity index (χ0) is 33.0. The van der Waals surface area contributed by atoms with Crippen molar-refractivity contribution < 1.29 is 34.8 Å². The highest BCUT2D eigenvalue weighted by atomic mass is 16.4. The third kappa shape index (κ3) is 9.88. The number of hydrogen-bond donors (Lipinski definition) is 6. The molecule has 11 nitrogen and oxygen atoms in total. The smallest absolute Gasteiger partial charge is 0.336 e. The number of nitrogens with one attached hydrogen (secondary N) is 1. The SMILES string of the molecule is O=C(O)CC(O)(CC(=O)O)C(=O)O.[C-]#[N+]c1ccc2c(c1)c(C(CCNCCCN)c1cccc(C)c1)cn2C1CCCCC1. The maximum absolute atomic E-state index is 10.3. The van der Waals surface area contributed by atoms with Crippen molar-refractivity contribution in [1.82, 2.24) is 9.88 Å². The van der Waals surface area contributed by atoms with E-state index < -0.39 is 36.4 Å². The molecule has 0 aliphatic heterocycles. The number of hydrogen-bond acceptors (Lipinski definition) is 6. The van der Waals surface area contributed by atoms with Gasteiger partial charge in [0.25, 0.3) is 0 Å². The van der Waals surface area contributed by atoms with Crippen LogP contribution in [0.5, 0.6) is 0 Å². The number of aliphatic carboxylic acids is 3. The number of nitrogens with two attached hydrogens (primary N) is 1. The van der Waals surface area contributed by atoms with Gasteiger partial charge in [-0.2, -0.15) is 0 Å². The summed E-state index contributed by atoms with van der Waals surface area (Å²) >= 11 is 0. The highest BCUT2D eigenvalue weighted by Crippen LogP contribution is 2.40. The van der Waals surface area contributed by atoms with Gasteiger partial charge in [0, 0.05) is 23.7 Å². The first-order valence-electron chi connectivity index (χ1n) is 15.4. The van der Waals surface area contributed by atoms with E-state index in [2.05, 4.69) is 64.2 Å². The Kier molecular flexibility index (Phi) is 13.1. The average Bonchev–Trinajstić information content (AvgIpc) is 3.37. The van der Waals surface area contributed by atoms with Crippen LogP contribution in [0.3, 0.4) is 0 Å². The molecule has 0 spiro atoms. The maximum atomic E-state index is 10.3. The number of fused-ring (bicyclic) bond motifs is 1. The first kappa shape index (κ1) is 35.2. The molecule has 4 rings (SSSR count). The van der Waals surface area contributed by atoms with Crippen molar-refractivity contribution in [2.75, 3.05) is 19.6 Å². The highest BCUT2D eigenvalue weighted by Gasteiger charge is 2.40. The van der Waals surface area contributed by atoms with Crippen LogP contribution in [0.25, 0.3) is 15.7 Å². The lowest BCUT2D eigenvalue weighted by Gasteiger charge is -2.24. The monoisotopic (exact) mass is 620 g/mol. The topological polar surface area (TPSA) is 179 Å². The molecule has 242 valence electrons. The molecule has 1 aliphatic rings. The van der Waals surface area contributed by atoms with Gasteiger partial charge in [0.05, 0.1) is 19.4 Å². The van der Waals surface area contributed by atoms with Crippen LogP contribution in [-0.2, 0) is 14.4 Å². The predicted octanol–water partition coefficient (Wildman–Crippen LogP) is 5.22. The molecule has 0 saturated heterocycles. The van der Waals surface area contributed by atoms with Gasteiger partial charge in [-0.3, -0.25) is 9.59 Å². The second kappa shape index (κ2) is 16.7. The molecule has 11 heteroatoms. The Balaban J connectivity index is 0.000000360. The average molecular weight is 621 g/mol. The van der Waals surface area contributed by atoms with E-state index >= 15 is 0 Å². The number of carbonyl (C=O) groups is 3. The summed E-state index contributed by atoms with van der Waals surface area (Å²) in [5.74, 6) is -4.72. The summed E-state index contributed by atoms with van der Waals surface area (Å²) in [6.07, 6.45) is 8.64. The van der Waals surface area contributed by atoms with E-state index in [1.807, 2.05) is 6.07 Å². The van der Waals surface area contributed by atoms with E-state index in [4.69, 9.17) is 32.7 Å². The molecule has 0 radical (unpaired) electrons. The predicted molar refractivity (Wildman–Crippen MR) is 172 cm³/mol. The first-order chi connectivity index (χ1) is 21.5. The number of carboxylic acids is 3. The van der Waals surface area contributed by atoms with Crippen LogP contribution in [0.4, 0.5) is 5.69 Å². The number of rotatable bonds is 14. The Morgan fingerprint density at radius 2 is 1.73 bits per heavy atom. The molecule has 45 heavy (non-hydrogen) atoms. The summed E-state index contributed by atoms with van der Waals surface area (Å²) in [4.78, 5) is 34.2. The summed E-state index contributed by atoms with van der Waals surface area (Å²) < 4.78 is 2.53. The molecule has 1 atom stereocenters. The van der Waals surface area contributed by atoms with Gasteiger partial charge in [-0.15, -0.1) is 0 Å². The van der Waals surface area contributed by atoms with Crippen molar-refractivity contribution in [3.63, 3.8) is 0 Å². The first-order valence-corrected chi connectivity index (χ1v) is 15.4. The van der Waals surface area contributed by atoms with Crippen LogP contribution in [0.1, 0.15) is 86.4 Å². The second-order valence-corrected chi connectivity index (χ2v) is 11.7. The van der Waals surface area contributed by atoms with Gasteiger partial charge in [0.15, 0.2) is 11.3 Å². The third-order valence-corrected chi connectivity index (χ3v) is 8.22. The molecular weight excluding hydrogens is 576 g/mol. The lowest BCUT2D eigenvalue weighted by Crippen LogP contribution is -2.42. The fourth-order valence-electron chi connectivity index (χ4n) is 5.98. The van der Waals surface area contributed by atoms with Crippen LogP contribution in [0.15, 0.2) is 48.7 Å². The summed E-state index contributed by atoms with van der Waals surface area (Å²) in [6, 6.07) is 15.8. The minimum Gasteiger partial charge on any atom is -0.481 e. The van der Waals surface area contributed by atoms with E-state index in [-0.39, 0.29) is 0 Å². The Morgan fingerprint density at radius 3 is 2.31 bits per heavy atom. The fourth-order valence-corrected chi connectivity index (χ4v) is 5.98. The van der Waals surface area contributed by atoms with Crippen LogP contribution in [0, 0.1) is 13.5 Å². The largest absolute Gasteiger partial charge is 0.481 e. The number of nitrogens with zero attached hydrogens (tertiary/aromatic N) is 2. The minimum atomic E-state index is -2.74. The van der Waals surface area contributed by atoms with Gasteiger partial charge in [-0.25, -0.2) is 9.64 Å². The molecule has 1 aromatic heterocycles. The molecule has 1 unspecified atom stereocenters. The van der Waals surface area contributed by atoms with Gasteiger partial charge in [0.1, 0.15) is 0 Å². The fraction of sp³-hybridized carbons (Fsp3) is 0.471. The summed E-state index contributed by atoms with van der Waals surface area (Å²) in [6.45, 7) is 12.4. The normalized spacial score (nSPS) is 14.3. The Morgan fingerprint density at radius 1 is 1.04 bits per heavy atom. The van der Waals surface area contributed by atoms with Crippen LogP contribution >= 0.6 is 0 Å². The summed E-state index contributed by atoms with van der Waals surface area (Å²) in [5.41, 5.74) is 8.96. The zero-order valence-corrected chi connectivity index (χ0v) is 25.7. The Hall–Kier alpha value is -4.24. The highest BCUT2D eigenvalue weighted by molar-refractivity contribution is 5.89. The van der Waals surface area contributed by atoms with E-state index in [1.54, 1.807) is 0 Å². The van der Waals surface area contributed by atoms with Crippen molar-refractivity contribution in [1.29, 1.82) is 0 Å². The molecule has 1 fully saturated rings. The van der Waals surface area contributed by atoms with Gasteiger partial charge in [0.2, 0.25) is 0 Å². The van der Waals surface area contributed by atoms with Crippen molar-refractivity contribution in [3.05, 3.63) is 76.8 Å². The standard InChI is InChI=1S/C28H36N4.C6H8O7/c1-21-8-6-9-22(18-21)25(14-17-31-16-7-15-29)27-20-32(24-10-4-3-5-11-24)28-13-12-23(30-2)19-26(27)28;7-3(8)1-6(13,5(11)12)2-4(9)10/h6,8-9,12-13,18-20,24-25,31H,3-5,7,10-11,14-17,29H2,1H3;13H,1-2H2,(H,7,8)(H,9,10)(H,11,12). The van der Waals surface area contributed by atoms with Crippen molar-refractivity contribution in [2.45, 2.75) is 82.3 Å². The second-order valence-electron chi connectivity index (χ2n) is 11.7. The molecule has 7 N–H and O–H groups in total. The van der Waals surface area contributed by atoms with Crippen molar-refractivity contribution in [3.8, 4) is 0 Å². The Labute approximate surface area is 263 Å². The zero-order valence-electron chi connectivity index (χ0n) is 25.7. The van der Waals surface area contributed by atoms with E-state index in [1.165, 1.54) is 59.7 Å². The van der Waals surface area contributed by atoms with E-state index in [0.717, 1.165) is 38.2 Å². The lowest BCUT2D eigenvalue weighted by atomic mass is 9.87. The van der Waals surface area contributed by atoms with E-state index in [0.29, 0.717) is 12.0 Å². The van der Waals surface area contributed by atoms with Crippen LogP contribution in [0.2, 0.25) is 0 Å². The van der Waals surface area contributed by atoms with Crippen LogP contribution < -0.4 is 11.1 Å². The van der Waals surface area contributed by atoms with Gasteiger partial charge in [-0.1, -0.05) is 55.2 Å². The van der Waals surface area contributed by atoms with Gasteiger partial charge in [-0.05, 0) is 80.9 Å². The van der Waals surface area contributed by atoms with Crippen LogP contribution in [-0.4, -0.2) is 68.1 Å². The molecule has 3 aromatic rings. The molecular formula is C34H44N4O7. The number of benzene rings is 2. The number of aliphatic hydroxyl groups is 1. The Bertz CT molecular complexity index is 1490. The molecule has 2 aromatic carbocycles. The van der Waals surface area contributed by atoms with Gasteiger partial charge < -0.3 is 36.0 Å². The number of aromatic nitrogens is 1. The molecule has 1 aliphatic carbocycles. The molecule has 1 heterocycles. The minimum absolute atomic E-state index is 0.300. The van der Waals surface area contributed by atoms with Crippen molar-refractivity contribution in [2.24, 2.45) is 5.73 Å². The third-order valence-electron chi connectivity index (χ3n) is 8.22. The number of carboxylic acid groups (broad SMARTS) is 3.